The molecule has 4 aromatic heterocycles. The molecule has 1 amide bonds. The van der Waals surface area contributed by atoms with Crippen molar-refractivity contribution in [2.45, 2.75) is 20.3 Å². The minimum atomic E-state index is -3.22. The number of halogens is 2. The van der Waals surface area contributed by atoms with E-state index in [0.29, 0.717) is 61.5 Å². The van der Waals surface area contributed by atoms with Gasteiger partial charge in [-0.15, -0.1) is 0 Å². The molecule has 224 valence electrons. The number of carbonyl (C=O) groups is 1. The van der Waals surface area contributed by atoms with E-state index >= 15 is 4.39 Å². The van der Waals surface area contributed by atoms with Gasteiger partial charge in [0, 0.05) is 52.7 Å². The van der Waals surface area contributed by atoms with Gasteiger partial charge in [-0.1, -0.05) is 19.9 Å². The molecule has 4 heterocycles. The molecule has 0 saturated carbocycles. The van der Waals surface area contributed by atoms with Crippen LogP contribution in [0, 0.1) is 17.6 Å². The van der Waals surface area contributed by atoms with E-state index in [1.165, 1.54) is 30.6 Å². The molecule has 0 unspecified atom stereocenters. The molecule has 0 radical (unpaired) electrons. The fourth-order valence-electron chi connectivity index (χ4n) is 4.90. The lowest BCUT2D eigenvalue weighted by molar-refractivity contribution is -0.118. The number of benzene rings is 2. The van der Waals surface area contributed by atoms with Gasteiger partial charge < -0.3 is 10.3 Å². The Morgan fingerprint density at radius 1 is 1.02 bits per heavy atom. The number of nitrogens with one attached hydrogen (secondary N) is 3. The second kappa shape index (κ2) is 11.2. The largest absolute Gasteiger partial charge is 0.335 e. The van der Waals surface area contributed by atoms with E-state index in [1.807, 2.05) is 0 Å². The van der Waals surface area contributed by atoms with Crippen LogP contribution in [0.5, 0.6) is 0 Å². The van der Waals surface area contributed by atoms with Crippen LogP contribution >= 0.6 is 0 Å². The van der Waals surface area contributed by atoms with Gasteiger partial charge in [0.1, 0.15) is 27.2 Å². The number of aromatic nitrogens is 6. The van der Waals surface area contributed by atoms with Gasteiger partial charge in [0.15, 0.2) is 11.5 Å². The predicted octanol–water partition coefficient (Wildman–Crippen LogP) is 5.69. The maximum Gasteiger partial charge on any atom is 0.226 e. The van der Waals surface area contributed by atoms with E-state index in [9.17, 15) is 17.6 Å². The highest BCUT2D eigenvalue weighted by atomic mass is 32.2. The maximum absolute atomic E-state index is 15.3. The molecule has 0 aliphatic heterocycles. The Labute approximate surface area is 250 Å². The van der Waals surface area contributed by atoms with Crippen LogP contribution in [0.1, 0.15) is 19.4 Å². The van der Waals surface area contributed by atoms with Crippen molar-refractivity contribution < 1.29 is 22.0 Å². The average Bonchev–Trinajstić information content (AvgIpc) is 3.58. The molecule has 0 spiro atoms. The number of anilines is 1. The normalized spacial score (nSPS) is 12.0. The number of imidazole rings is 1. The van der Waals surface area contributed by atoms with Crippen molar-refractivity contribution in [1.82, 2.24) is 30.1 Å². The molecule has 0 saturated heterocycles. The number of hydrogen-bond acceptors (Lipinski definition) is 7. The van der Waals surface area contributed by atoms with Crippen molar-refractivity contribution in [2.75, 3.05) is 17.3 Å². The molecule has 10 nitrogen and oxygen atoms in total. The van der Waals surface area contributed by atoms with E-state index in [2.05, 4.69) is 35.5 Å². The Balaban J connectivity index is 1.40. The van der Waals surface area contributed by atoms with Gasteiger partial charge in [-0.2, -0.15) is 5.10 Å². The Bertz CT molecular complexity index is 2170. The topological polar surface area (TPSA) is 146 Å². The molecular formula is C31H27F2N7O3S. The van der Waals surface area contributed by atoms with Gasteiger partial charge in [-0.05, 0) is 47.9 Å². The summed E-state index contributed by atoms with van der Waals surface area (Å²) in [6.07, 6.45) is 5.87. The van der Waals surface area contributed by atoms with Crippen LogP contribution in [0.4, 0.5) is 14.5 Å². The van der Waals surface area contributed by atoms with Gasteiger partial charge >= 0.3 is 0 Å². The first-order valence-corrected chi connectivity index (χ1v) is 15.8. The number of carbonyl (C=O) groups excluding carboxylic acids is 1. The van der Waals surface area contributed by atoms with Gasteiger partial charge in [-0.25, -0.2) is 27.2 Å². The molecular weight excluding hydrogens is 588 g/mol. The number of rotatable bonds is 8. The Hall–Kier alpha value is -5.04. The summed E-state index contributed by atoms with van der Waals surface area (Å²) >= 11 is 0. The first-order valence-electron chi connectivity index (χ1n) is 13.7. The van der Waals surface area contributed by atoms with Crippen LogP contribution in [0.3, 0.4) is 0 Å². The predicted molar refractivity (Wildman–Crippen MR) is 164 cm³/mol. The third-order valence-corrected chi connectivity index (χ3v) is 8.08. The highest BCUT2D eigenvalue weighted by molar-refractivity contribution is 7.90. The van der Waals surface area contributed by atoms with E-state index in [-0.39, 0.29) is 29.6 Å². The van der Waals surface area contributed by atoms with Crippen LogP contribution in [0.2, 0.25) is 0 Å². The number of aromatic amines is 2. The molecule has 0 aliphatic rings. The summed E-state index contributed by atoms with van der Waals surface area (Å²) in [5.41, 5.74) is 4.59. The number of aryl methyl sites for hydroxylation is 1. The molecule has 6 rings (SSSR count). The van der Waals surface area contributed by atoms with Gasteiger partial charge in [0.2, 0.25) is 5.91 Å². The molecule has 3 N–H and O–H groups in total. The highest BCUT2D eigenvalue weighted by Gasteiger charge is 2.19. The summed E-state index contributed by atoms with van der Waals surface area (Å²) < 4.78 is 53.2. The molecule has 13 heteroatoms. The summed E-state index contributed by atoms with van der Waals surface area (Å²) in [6, 6.07) is 10.8. The lowest BCUT2D eigenvalue weighted by atomic mass is 10.0. The molecule has 0 fully saturated rings. The minimum absolute atomic E-state index is 0.0996. The number of fused-ring (bicyclic) bond motifs is 2. The molecule has 2 aromatic carbocycles. The number of sulfone groups is 1. The first kappa shape index (κ1) is 29.1. The average molecular weight is 616 g/mol. The SMILES string of the molecule is CC(C)C(=O)Nc1cncc(-c2cc3c(-c4nc5nccc(-c6cc(F)cc(CCS(C)(=O)=O)c6)c5[nH]4)n[nH]c3cc2F)c1. The molecule has 44 heavy (non-hydrogen) atoms. The van der Waals surface area contributed by atoms with Gasteiger partial charge in [-0.3, -0.25) is 14.9 Å². The Kier molecular flexibility index (Phi) is 7.41. The molecule has 0 bridgehead atoms. The Morgan fingerprint density at radius 3 is 2.61 bits per heavy atom. The number of nitrogens with zero attached hydrogens (tertiary/aromatic N) is 4. The van der Waals surface area contributed by atoms with E-state index in [0.717, 1.165) is 6.26 Å². The van der Waals surface area contributed by atoms with Crippen molar-refractivity contribution >= 4 is 43.5 Å². The number of pyridine rings is 2. The van der Waals surface area contributed by atoms with Crippen LogP contribution in [-0.4, -0.2) is 56.5 Å². The number of hydrogen-bond donors (Lipinski definition) is 3. The zero-order chi connectivity index (χ0) is 31.2. The molecule has 0 atom stereocenters. The van der Waals surface area contributed by atoms with Crippen LogP contribution < -0.4 is 5.32 Å². The number of amides is 1. The third-order valence-electron chi connectivity index (χ3n) is 7.14. The van der Waals surface area contributed by atoms with Gasteiger partial charge in [0.05, 0.1) is 28.7 Å². The van der Waals surface area contributed by atoms with Crippen molar-refractivity contribution in [3.63, 3.8) is 0 Å². The zero-order valence-electron chi connectivity index (χ0n) is 23.9. The van der Waals surface area contributed by atoms with Crippen LogP contribution in [0.15, 0.2) is 61.1 Å². The second-order valence-corrected chi connectivity index (χ2v) is 13.2. The van der Waals surface area contributed by atoms with E-state index < -0.39 is 21.5 Å². The lowest BCUT2D eigenvalue weighted by Gasteiger charge is -2.09. The summed E-state index contributed by atoms with van der Waals surface area (Å²) in [6.45, 7) is 3.54. The van der Waals surface area contributed by atoms with Crippen molar-refractivity contribution in [2.24, 2.45) is 5.92 Å². The summed E-state index contributed by atoms with van der Waals surface area (Å²) in [5, 5.41) is 10.6. The Morgan fingerprint density at radius 2 is 1.84 bits per heavy atom. The van der Waals surface area contributed by atoms with E-state index in [4.69, 9.17) is 0 Å². The monoisotopic (exact) mass is 615 g/mol. The van der Waals surface area contributed by atoms with Crippen molar-refractivity contribution in [3.8, 4) is 33.8 Å². The highest BCUT2D eigenvalue weighted by Crippen LogP contribution is 2.34. The standard InChI is InChI=1S/C31H27F2N7O3S/c1-16(2)31(41)36-21-11-19(14-34-15-21)23-12-24-26(13-25(23)33)39-40-28(24)30-37-27-22(4-6-35-29(27)38-30)18-8-17(9-20(32)10-18)5-7-44(3,42)43/h4,6,8-16H,5,7H2,1-3H3,(H,36,41)(H,39,40)(H,35,37,38). The maximum atomic E-state index is 15.3. The quantitative estimate of drug-likeness (QED) is 0.199. The third kappa shape index (κ3) is 5.91. The lowest BCUT2D eigenvalue weighted by Crippen LogP contribution is -2.17. The smallest absolute Gasteiger partial charge is 0.226 e. The van der Waals surface area contributed by atoms with E-state index in [1.54, 1.807) is 44.3 Å². The first-order chi connectivity index (χ1) is 20.9. The molecule has 6 aromatic rings. The summed E-state index contributed by atoms with van der Waals surface area (Å²) in [5.74, 6) is -1.16. The van der Waals surface area contributed by atoms with Crippen LogP contribution in [-0.2, 0) is 21.1 Å². The van der Waals surface area contributed by atoms with Crippen LogP contribution in [0.25, 0.3) is 55.8 Å². The summed E-state index contributed by atoms with van der Waals surface area (Å²) in [4.78, 5) is 28.6. The van der Waals surface area contributed by atoms with Gasteiger partial charge in [0.25, 0.3) is 0 Å². The number of H-pyrrole nitrogens is 2. The fraction of sp³-hybridized carbons (Fsp3) is 0.194. The van der Waals surface area contributed by atoms with Crippen molar-refractivity contribution in [3.05, 3.63) is 78.3 Å². The summed E-state index contributed by atoms with van der Waals surface area (Å²) in [7, 11) is -3.22. The fourth-order valence-corrected chi connectivity index (χ4v) is 5.51. The molecule has 0 aliphatic carbocycles. The minimum Gasteiger partial charge on any atom is -0.335 e. The second-order valence-electron chi connectivity index (χ2n) is 10.9. The van der Waals surface area contributed by atoms with Crippen molar-refractivity contribution in [1.29, 1.82) is 0 Å². The zero-order valence-corrected chi connectivity index (χ0v) is 24.8.